The van der Waals surface area contributed by atoms with Crippen LogP contribution in [0.3, 0.4) is 0 Å². The molecule has 3 N–H and O–H groups in total. The summed E-state index contributed by atoms with van der Waals surface area (Å²) < 4.78 is 86.2. The van der Waals surface area contributed by atoms with Gasteiger partial charge in [-0.1, -0.05) is 44.2 Å². The molecule has 2 saturated carbocycles. The summed E-state index contributed by atoms with van der Waals surface area (Å²) in [4.78, 5) is 62.6. The van der Waals surface area contributed by atoms with Crippen LogP contribution in [-0.2, 0) is 35.6 Å². The highest BCUT2D eigenvalue weighted by Gasteiger charge is 2.63. The summed E-state index contributed by atoms with van der Waals surface area (Å²) in [6.45, 7) is 6.92. The predicted molar refractivity (Wildman–Crippen MR) is 209 cm³/mol. The molecule has 0 bridgehead atoms. The summed E-state index contributed by atoms with van der Waals surface area (Å²) in [6, 6.07) is 4.63. The second kappa shape index (κ2) is 15.4. The number of fused-ring (bicyclic) bond motifs is 5. The van der Waals surface area contributed by atoms with E-state index in [2.05, 4.69) is 15.4 Å². The average Bonchev–Trinajstić information content (AvgIpc) is 4.04. The Morgan fingerprint density at radius 3 is 2.49 bits per heavy atom. The fraction of sp³-hybridized carbons (Fsp3) is 0.634. The van der Waals surface area contributed by atoms with Crippen LogP contribution in [0.5, 0.6) is 11.6 Å². The zero-order valence-corrected chi connectivity index (χ0v) is 34.6. The van der Waals surface area contributed by atoms with E-state index in [9.17, 15) is 40.8 Å². The van der Waals surface area contributed by atoms with Crippen LogP contribution in [-0.4, -0.2) is 95.5 Å². The van der Waals surface area contributed by atoms with Gasteiger partial charge >= 0.3 is 12.3 Å². The molecule has 3 aliphatic heterocycles. The van der Waals surface area contributed by atoms with Crippen molar-refractivity contribution in [2.75, 3.05) is 13.2 Å². The van der Waals surface area contributed by atoms with Crippen molar-refractivity contribution in [2.45, 2.75) is 133 Å². The van der Waals surface area contributed by atoms with E-state index in [4.69, 9.17) is 19.2 Å². The summed E-state index contributed by atoms with van der Waals surface area (Å²) in [7, 11) is -4.08. The number of nitrogens with one attached hydrogen (secondary N) is 3. The molecule has 4 heterocycles. The molecule has 59 heavy (non-hydrogen) atoms. The Labute approximate surface area is 341 Å². The first-order valence-corrected chi connectivity index (χ1v) is 21.8. The molecule has 0 spiro atoms. The number of sulfonamides is 1. The number of carbonyl (C=O) groups excluding carboxylic acids is 4. The molecule has 7 rings (SSSR count). The van der Waals surface area contributed by atoms with Crippen LogP contribution in [0.1, 0.15) is 91.7 Å². The molecule has 1 saturated heterocycles. The molecule has 5 aliphatic rings. The van der Waals surface area contributed by atoms with Gasteiger partial charge in [0.05, 0.1) is 23.6 Å². The highest BCUT2D eigenvalue weighted by Crippen LogP contribution is 2.48. The standard InChI is InChI=1S/C41H52F3N5O9S/c1-23-11-6-7-12-25-21-40(25,36(52)48-59(54,55)39(5)16-17-39)47-33(50)30-20-26(57-34-28-14-9-8-13-27(28)32-29(45-34)15-10-18-56-32)22-49(30)35(51)31(24(2)19-23)46-37(53)58-38(3,4)41(42,43)44/h7-9,12-14,23-26,30-31H,6,10-11,15-22H2,1-5H3,(H,46,53)(H,47,50)(H,48,52)/b12-7-/t23-,24-,25?,26-,30+,31+,40-/m1/s1. The number of ether oxygens (including phenoxy) is 3. The van der Waals surface area contributed by atoms with Crippen molar-refractivity contribution in [1.82, 2.24) is 25.2 Å². The molecule has 18 heteroatoms. The molecule has 3 fully saturated rings. The summed E-state index contributed by atoms with van der Waals surface area (Å²) in [6.07, 6.45) is 0.126. The van der Waals surface area contributed by atoms with Crippen LogP contribution in [0.25, 0.3) is 10.8 Å². The molecule has 1 aromatic carbocycles. The quantitative estimate of drug-likeness (QED) is 0.312. The number of amides is 4. The lowest BCUT2D eigenvalue weighted by molar-refractivity contribution is -0.244. The van der Waals surface area contributed by atoms with Crippen molar-refractivity contribution in [2.24, 2.45) is 17.8 Å². The number of rotatable bonds is 7. The number of carbonyl (C=O) groups is 4. The molecule has 2 aliphatic carbocycles. The number of alkyl carbamates (subject to hydrolysis) is 1. The van der Waals surface area contributed by atoms with Gasteiger partial charge in [-0.15, -0.1) is 0 Å². The van der Waals surface area contributed by atoms with Gasteiger partial charge in [0.2, 0.25) is 33.3 Å². The molecule has 1 unspecified atom stereocenters. The second-order valence-corrected chi connectivity index (χ2v) is 19.9. The van der Waals surface area contributed by atoms with E-state index in [1.54, 1.807) is 19.9 Å². The summed E-state index contributed by atoms with van der Waals surface area (Å²) in [5, 5.41) is 6.63. The van der Waals surface area contributed by atoms with E-state index in [0.717, 1.165) is 11.8 Å². The SMILES string of the molecule is C[C@@H]1CC/C=C\C2C[C@@]2(C(=O)NS(=O)(=O)C2(C)CC2)NC(=O)[C@@H]2C[C@@H](Oc3nc4c(c5ccccc35)OCCC4)CN2C(=O)[C@@H](NC(=O)OC(C)(C)C(F)(F)F)[C@H](C)C1. The van der Waals surface area contributed by atoms with E-state index in [0.29, 0.717) is 75.8 Å². The van der Waals surface area contributed by atoms with Gasteiger partial charge in [0.25, 0.3) is 5.91 Å². The Morgan fingerprint density at radius 2 is 1.80 bits per heavy atom. The lowest BCUT2D eigenvalue weighted by atomic mass is 9.88. The van der Waals surface area contributed by atoms with Crippen LogP contribution in [0.15, 0.2) is 36.4 Å². The third-order valence-electron chi connectivity index (χ3n) is 12.5. The van der Waals surface area contributed by atoms with Crippen LogP contribution in [0, 0.1) is 17.8 Å². The molecular formula is C41H52F3N5O9S. The fourth-order valence-corrected chi connectivity index (χ4v) is 9.60. The Bertz CT molecular complexity index is 2160. The zero-order valence-electron chi connectivity index (χ0n) is 33.8. The molecule has 322 valence electrons. The zero-order chi connectivity index (χ0) is 42.7. The first-order valence-electron chi connectivity index (χ1n) is 20.3. The van der Waals surface area contributed by atoms with Gasteiger partial charge in [-0.25, -0.2) is 18.2 Å². The average molecular weight is 848 g/mol. The second-order valence-electron chi connectivity index (χ2n) is 17.7. The maximum atomic E-state index is 14.8. The van der Waals surface area contributed by atoms with Crippen molar-refractivity contribution < 1.29 is 55.0 Å². The van der Waals surface area contributed by atoms with Gasteiger partial charge in [0.1, 0.15) is 29.5 Å². The maximum Gasteiger partial charge on any atom is 0.427 e. The van der Waals surface area contributed by atoms with Gasteiger partial charge < -0.3 is 29.7 Å². The minimum absolute atomic E-state index is 0.0336. The summed E-state index contributed by atoms with van der Waals surface area (Å²) >= 11 is 0. The number of allylic oxidation sites excluding steroid dienone is 1. The highest BCUT2D eigenvalue weighted by atomic mass is 32.2. The summed E-state index contributed by atoms with van der Waals surface area (Å²) in [5.41, 5.74) is -3.83. The number of pyridine rings is 1. The Morgan fingerprint density at radius 1 is 1.08 bits per heavy atom. The first kappa shape index (κ1) is 42.5. The van der Waals surface area contributed by atoms with E-state index < -0.39 is 85.9 Å². The largest absolute Gasteiger partial charge is 0.491 e. The summed E-state index contributed by atoms with van der Waals surface area (Å²) in [5.74, 6) is -2.72. The monoisotopic (exact) mass is 847 g/mol. The van der Waals surface area contributed by atoms with Crippen LogP contribution >= 0.6 is 0 Å². The lowest BCUT2D eigenvalue weighted by Crippen LogP contribution is -2.59. The fourth-order valence-electron chi connectivity index (χ4n) is 8.29. The number of benzene rings is 1. The Balaban J connectivity index is 1.24. The highest BCUT2D eigenvalue weighted by molar-refractivity contribution is 7.91. The third kappa shape index (κ3) is 8.42. The number of halogens is 3. The van der Waals surface area contributed by atoms with Crippen LogP contribution in [0.4, 0.5) is 18.0 Å². The number of alkyl halides is 3. The van der Waals surface area contributed by atoms with Crippen LogP contribution < -0.4 is 24.8 Å². The van der Waals surface area contributed by atoms with E-state index >= 15 is 0 Å². The molecule has 14 nitrogen and oxygen atoms in total. The third-order valence-corrected chi connectivity index (χ3v) is 14.7. The van der Waals surface area contributed by atoms with Gasteiger partial charge in [0, 0.05) is 23.1 Å². The predicted octanol–water partition coefficient (Wildman–Crippen LogP) is 5.23. The smallest absolute Gasteiger partial charge is 0.427 e. The number of hydrogen-bond acceptors (Lipinski definition) is 10. The first-order chi connectivity index (χ1) is 27.6. The van der Waals surface area contributed by atoms with Crippen LogP contribution in [0.2, 0.25) is 0 Å². The van der Waals surface area contributed by atoms with E-state index in [1.165, 1.54) is 4.90 Å². The van der Waals surface area contributed by atoms with E-state index in [1.807, 2.05) is 37.3 Å². The van der Waals surface area contributed by atoms with Crippen molar-refractivity contribution >= 4 is 44.6 Å². The molecule has 0 radical (unpaired) electrons. The molecule has 7 atom stereocenters. The van der Waals surface area contributed by atoms with Gasteiger partial charge in [-0.3, -0.25) is 19.1 Å². The Hall–Kier alpha value is -4.61. The van der Waals surface area contributed by atoms with Crippen molar-refractivity contribution in [3.05, 3.63) is 42.1 Å². The molecule has 1 aromatic heterocycles. The number of aryl methyl sites for hydroxylation is 1. The Kier molecular flexibility index (Phi) is 11.1. The van der Waals surface area contributed by atoms with E-state index in [-0.39, 0.29) is 31.2 Å². The van der Waals surface area contributed by atoms with Crippen molar-refractivity contribution in [3.8, 4) is 11.6 Å². The number of nitrogens with zero attached hydrogens (tertiary/aromatic N) is 2. The van der Waals surface area contributed by atoms with Gasteiger partial charge in [-0.2, -0.15) is 13.2 Å². The van der Waals surface area contributed by atoms with Gasteiger partial charge in [-0.05, 0) is 90.0 Å². The number of hydrogen-bond donors (Lipinski definition) is 3. The normalized spacial score (nSPS) is 30.2. The molecule has 4 amide bonds. The van der Waals surface area contributed by atoms with Crippen molar-refractivity contribution in [3.63, 3.8) is 0 Å². The minimum atomic E-state index is -4.91. The number of aromatic nitrogens is 1. The topological polar surface area (TPSA) is 182 Å². The molecule has 2 aromatic rings. The minimum Gasteiger partial charge on any atom is -0.491 e. The maximum absolute atomic E-state index is 14.8. The lowest BCUT2D eigenvalue weighted by Gasteiger charge is -2.34. The van der Waals surface area contributed by atoms with Crippen molar-refractivity contribution in [1.29, 1.82) is 0 Å². The molecular weight excluding hydrogens is 796 g/mol. The van der Waals surface area contributed by atoms with Gasteiger partial charge in [0.15, 0.2) is 0 Å².